The first-order chi connectivity index (χ1) is 16.9. The fourth-order valence-corrected chi connectivity index (χ4v) is 4.90. The molecule has 9 nitrogen and oxygen atoms in total. The molecular formula is C26H27N5O4. The number of urea groups is 1. The van der Waals surface area contributed by atoms with Crippen LogP contribution in [0.2, 0.25) is 0 Å². The Morgan fingerprint density at radius 2 is 1.71 bits per heavy atom. The zero-order chi connectivity index (χ0) is 24.6. The van der Waals surface area contributed by atoms with Gasteiger partial charge in [0.1, 0.15) is 5.54 Å². The summed E-state index contributed by atoms with van der Waals surface area (Å²) in [6.07, 6.45) is 1.48. The Morgan fingerprint density at radius 3 is 2.31 bits per heavy atom. The number of piperidine rings is 1. The van der Waals surface area contributed by atoms with Crippen LogP contribution in [0.1, 0.15) is 54.4 Å². The molecular weight excluding hydrogens is 446 g/mol. The molecule has 1 aromatic heterocycles. The van der Waals surface area contributed by atoms with Gasteiger partial charge in [0.15, 0.2) is 0 Å². The summed E-state index contributed by atoms with van der Waals surface area (Å²) in [7, 11) is 0. The van der Waals surface area contributed by atoms with Crippen LogP contribution in [0, 0.1) is 5.92 Å². The SMILES string of the molecule is CC(C)C1(c2ccc(C(=O)N3CCC(c4nnc(-c5ccccc5)o4)CC3)cc2)NC(=O)NC1=O. The Labute approximate surface area is 202 Å². The van der Waals surface area contributed by atoms with Crippen molar-refractivity contribution in [3.63, 3.8) is 0 Å². The van der Waals surface area contributed by atoms with Crippen molar-refractivity contribution in [1.82, 2.24) is 25.7 Å². The summed E-state index contributed by atoms with van der Waals surface area (Å²) in [6, 6.07) is 16.1. The van der Waals surface area contributed by atoms with Gasteiger partial charge in [-0.05, 0) is 48.6 Å². The van der Waals surface area contributed by atoms with Crippen LogP contribution in [0.25, 0.3) is 11.5 Å². The summed E-state index contributed by atoms with van der Waals surface area (Å²) >= 11 is 0. The number of carbonyl (C=O) groups is 3. The standard InChI is InChI=1S/C26H27N5O4/c1-16(2)26(24(33)27-25(34)28-26)20-10-8-19(9-11-20)23(32)31-14-12-18(13-15-31)22-30-29-21(35-22)17-6-4-3-5-7-17/h3-11,16,18H,12-15H2,1-2H3,(H2,27,28,33,34). The van der Waals surface area contributed by atoms with Gasteiger partial charge in [-0.1, -0.05) is 44.2 Å². The molecule has 0 bridgehead atoms. The molecule has 2 saturated heterocycles. The Bertz CT molecular complexity index is 1250. The highest BCUT2D eigenvalue weighted by molar-refractivity contribution is 6.07. The van der Waals surface area contributed by atoms with E-state index in [9.17, 15) is 14.4 Å². The van der Waals surface area contributed by atoms with E-state index in [0.717, 1.165) is 18.4 Å². The summed E-state index contributed by atoms with van der Waals surface area (Å²) in [5, 5.41) is 13.5. The molecule has 4 amide bonds. The predicted molar refractivity (Wildman–Crippen MR) is 127 cm³/mol. The first kappa shape index (κ1) is 22.8. The minimum atomic E-state index is -1.14. The molecule has 2 fully saturated rings. The Hall–Kier alpha value is -4.01. The first-order valence-corrected chi connectivity index (χ1v) is 11.8. The molecule has 3 heterocycles. The van der Waals surface area contributed by atoms with Gasteiger partial charge in [-0.3, -0.25) is 14.9 Å². The lowest BCUT2D eigenvalue weighted by molar-refractivity contribution is -0.125. The van der Waals surface area contributed by atoms with E-state index in [1.807, 2.05) is 49.1 Å². The largest absolute Gasteiger partial charge is 0.420 e. The molecule has 180 valence electrons. The zero-order valence-corrected chi connectivity index (χ0v) is 19.7. The minimum Gasteiger partial charge on any atom is -0.420 e. The van der Waals surface area contributed by atoms with E-state index in [1.165, 1.54) is 0 Å². The number of hydrogen-bond donors (Lipinski definition) is 2. The van der Waals surface area contributed by atoms with E-state index in [1.54, 1.807) is 24.3 Å². The third-order valence-electron chi connectivity index (χ3n) is 6.94. The Balaban J connectivity index is 1.24. The quantitative estimate of drug-likeness (QED) is 0.548. The number of hydrogen-bond acceptors (Lipinski definition) is 6. The van der Waals surface area contributed by atoms with Gasteiger partial charge in [0, 0.05) is 30.1 Å². The van der Waals surface area contributed by atoms with E-state index < -0.39 is 11.6 Å². The Kier molecular flexibility index (Phi) is 5.84. The molecule has 0 aliphatic carbocycles. The molecule has 5 rings (SSSR count). The number of amides is 4. The van der Waals surface area contributed by atoms with E-state index in [2.05, 4.69) is 20.8 Å². The molecule has 3 aromatic rings. The lowest BCUT2D eigenvalue weighted by Crippen LogP contribution is -2.48. The summed E-state index contributed by atoms with van der Waals surface area (Å²) < 4.78 is 5.91. The summed E-state index contributed by atoms with van der Waals surface area (Å²) in [5.41, 5.74) is 0.938. The van der Waals surface area contributed by atoms with Crippen LogP contribution >= 0.6 is 0 Å². The topological polar surface area (TPSA) is 117 Å². The Morgan fingerprint density at radius 1 is 1.03 bits per heavy atom. The first-order valence-electron chi connectivity index (χ1n) is 11.8. The van der Waals surface area contributed by atoms with Gasteiger partial charge < -0.3 is 14.6 Å². The second-order valence-electron chi connectivity index (χ2n) is 9.33. The highest BCUT2D eigenvalue weighted by atomic mass is 16.4. The molecule has 0 radical (unpaired) electrons. The number of benzene rings is 2. The predicted octanol–water partition coefficient (Wildman–Crippen LogP) is 3.45. The number of imide groups is 1. The van der Waals surface area contributed by atoms with E-state index in [0.29, 0.717) is 36.0 Å². The molecule has 2 N–H and O–H groups in total. The second-order valence-corrected chi connectivity index (χ2v) is 9.33. The van der Waals surface area contributed by atoms with Crippen LogP contribution in [0.4, 0.5) is 4.79 Å². The number of nitrogens with one attached hydrogen (secondary N) is 2. The minimum absolute atomic E-state index is 0.0657. The van der Waals surface area contributed by atoms with Crippen LogP contribution < -0.4 is 10.6 Å². The van der Waals surface area contributed by atoms with Gasteiger partial charge in [0.05, 0.1) is 0 Å². The third-order valence-corrected chi connectivity index (χ3v) is 6.94. The number of rotatable bonds is 5. The highest BCUT2D eigenvalue weighted by Gasteiger charge is 2.50. The molecule has 0 spiro atoms. The number of carbonyl (C=O) groups excluding carboxylic acids is 3. The van der Waals surface area contributed by atoms with Gasteiger partial charge in [-0.25, -0.2) is 4.79 Å². The van der Waals surface area contributed by atoms with E-state index in [4.69, 9.17) is 4.42 Å². The van der Waals surface area contributed by atoms with Gasteiger partial charge in [0.25, 0.3) is 11.8 Å². The van der Waals surface area contributed by atoms with Gasteiger partial charge in [-0.15, -0.1) is 10.2 Å². The van der Waals surface area contributed by atoms with Gasteiger partial charge >= 0.3 is 6.03 Å². The van der Waals surface area contributed by atoms with Crippen molar-refractivity contribution >= 4 is 17.8 Å². The van der Waals surface area contributed by atoms with Crippen molar-refractivity contribution < 1.29 is 18.8 Å². The maximum Gasteiger partial charge on any atom is 0.322 e. The summed E-state index contributed by atoms with van der Waals surface area (Å²) in [6.45, 7) is 4.92. The molecule has 0 saturated carbocycles. The molecule has 1 atom stereocenters. The number of nitrogens with zero attached hydrogens (tertiary/aromatic N) is 3. The maximum atomic E-state index is 13.1. The van der Waals surface area contributed by atoms with Crippen molar-refractivity contribution in [1.29, 1.82) is 0 Å². The lowest BCUT2D eigenvalue weighted by atomic mass is 9.79. The fraction of sp³-hybridized carbons (Fsp3) is 0.346. The van der Waals surface area contributed by atoms with Crippen LogP contribution in [0.3, 0.4) is 0 Å². The second kappa shape index (κ2) is 8.98. The van der Waals surface area contributed by atoms with Gasteiger partial charge in [0.2, 0.25) is 11.8 Å². The van der Waals surface area contributed by atoms with Gasteiger partial charge in [-0.2, -0.15) is 0 Å². The van der Waals surface area contributed by atoms with Crippen molar-refractivity contribution in [2.45, 2.75) is 38.1 Å². The van der Waals surface area contributed by atoms with Crippen molar-refractivity contribution in [2.75, 3.05) is 13.1 Å². The smallest absolute Gasteiger partial charge is 0.322 e. The fourth-order valence-electron chi connectivity index (χ4n) is 4.90. The maximum absolute atomic E-state index is 13.1. The van der Waals surface area contributed by atoms with Crippen LogP contribution in [0.5, 0.6) is 0 Å². The molecule has 1 unspecified atom stereocenters. The van der Waals surface area contributed by atoms with Crippen LogP contribution in [-0.2, 0) is 10.3 Å². The average Bonchev–Trinajstić information content (AvgIpc) is 3.49. The van der Waals surface area contributed by atoms with Crippen molar-refractivity contribution in [3.8, 4) is 11.5 Å². The summed E-state index contributed by atoms with van der Waals surface area (Å²) in [4.78, 5) is 39.3. The van der Waals surface area contributed by atoms with E-state index in [-0.39, 0.29) is 23.7 Å². The molecule has 2 aliphatic rings. The number of aromatic nitrogens is 2. The highest BCUT2D eigenvalue weighted by Crippen LogP contribution is 2.34. The van der Waals surface area contributed by atoms with E-state index >= 15 is 0 Å². The molecule has 2 aromatic carbocycles. The van der Waals surface area contributed by atoms with Crippen LogP contribution in [0.15, 0.2) is 59.0 Å². The molecule has 35 heavy (non-hydrogen) atoms. The number of likely N-dealkylation sites (tertiary alicyclic amines) is 1. The molecule has 9 heteroatoms. The zero-order valence-electron chi connectivity index (χ0n) is 19.7. The average molecular weight is 474 g/mol. The monoisotopic (exact) mass is 473 g/mol. The molecule has 2 aliphatic heterocycles. The summed E-state index contributed by atoms with van der Waals surface area (Å²) in [5.74, 6) is 0.615. The van der Waals surface area contributed by atoms with Crippen LogP contribution in [-0.4, -0.2) is 46.0 Å². The lowest BCUT2D eigenvalue weighted by Gasteiger charge is -2.32. The third kappa shape index (κ3) is 4.07. The van der Waals surface area contributed by atoms with Crippen molar-refractivity contribution in [3.05, 3.63) is 71.6 Å². The normalized spacial score (nSPS) is 20.7. The van der Waals surface area contributed by atoms with Crippen molar-refractivity contribution in [2.24, 2.45) is 5.92 Å².